The number of nitrogens with zero attached hydrogens (tertiary/aromatic N) is 1. The van der Waals surface area contributed by atoms with Crippen LogP contribution in [0.15, 0.2) is 0 Å². The number of carbonyl (C=O) groups is 1. The normalized spacial score (nSPS) is 10.5. The second kappa shape index (κ2) is 7.24. The summed E-state index contributed by atoms with van der Waals surface area (Å²) in [5.41, 5.74) is 0.139. The monoisotopic (exact) mass is 258 g/mol. The van der Waals surface area contributed by atoms with Gasteiger partial charge in [-0.3, -0.25) is 0 Å². The number of hydrogen-bond donors (Lipinski definition) is 2. The number of carboxylic acids is 1. The van der Waals surface area contributed by atoms with E-state index < -0.39 is 5.97 Å². The van der Waals surface area contributed by atoms with Gasteiger partial charge in [0.25, 0.3) is 0 Å². The minimum absolute atomic E-state index is 0.139. The van der Waals surface area contributed by atoms with Crippen LogP contribution in [0.25, 0.3) is 0 Å². The number of rotatable bonds is 8. The smallest absolute Gasteiger partial charge is 0.355 e. The fourth-order valence-electron chi connectivity index (χ4n) is 1.29. The molecule has 1 heterocycles. The second-order valence-electron chi connectivity index (χ2n) is 3.62. The van der Waals surface area contributed by atoms with Crippen LogP contribution in [0.5, 0.6) is 0 Å². The number of ether oxygens (including phenoxy) is 1. The summed E-state index contributed by atoms with van der Waals surface area (Å²) >= 11 is 1.37. The van der Waals surface area contributed by atoms with Crippen LogP contribution >= 0.6 is 11.3 Å². The Kier molecular flexibility index (Phi) is 5.93. The van der Waals surface area contributed by atoms with Crippen LogP contribution in [-0.4, -0.2) is 35.8 Å². The number of nitrogens with one attached hydrogen (secondary N) is 1. The van der Waals surface area contributed by atoms with Crippen molar-refractivity contribution in [1.82, 2.24) is 4.98 Å². The number of hydrogen-bond acceptors (Lipinski definition) is 5. The standard InChI is InChI=1S/C11H18N2O3S/c1-3-6-16-7-4-5-12-11-13-9(10(14)15)8(2)17-11/h3-7H2,1-2H3,(H,12,13)(H,14,15). The second-order valence-corrected chi connectivity index (χ2v) is 4.82. The van der Waals surface area contributed by atoms with Crippen molar-refractivity contribution in [2.75, 3.05) is 25.1 Å². The van der Waals surface area contributed by atoms with Gasteiger partial charge < -0.3 is 15.2 Å². The molecule has 0 fully saturated rings. The van der Waals surface area contributed by atoms with E-state index in [0.29, 0.717) is 5.13 Å². The molecular formula is C11H18N2O3S. The van der Waals surface area contributed by atoms with E-state index in [1.54, 1.807) is 6.92 Å². The first-order valence-corrected chi connectivity index (χ1v) is 6.49. The summed E-state index contributed by atoms with van der Waals surface area (Å²) in [6.07, 6.45) is 1.92. The molecule has 0 amide bonds. The molecule has 6 heteroatoms. The SMILES string of the molecule is CCCOCCCNc1nc(C(=O)O)c(C)s1. The van der Waals surface area contributed by atoms with Crippen LogP contribution in [0.3, 0.4) is 0 Å². The van der Waals surface area contributed by atoms with Crippen molar-refractivity contribution in [3.8, 4) is 0 Å². The highest BCUT2D eigenvalue weighted by Gasteiger charge is 2.13. The molecule has 0 saturated carbocycles. The van der Waals surface area contributed by atoms with Crippen LogP contribution in [-0.2, 0) is 4.74 Å². The molecule has 0 bridgehead atoms. The van der Waals surface area contributed by atoms with Gasteiger partial charge >= 0.3 is 5.97 Å². The molecule has 1 aromatic heterocycles. The first-order valence-electron chi connectivity index (χ1n) is 5.67. The van der Waals surface area contributed by atoms with E-state index in [-0.39, 0.29) is 5.69 Å². The zero-order valence-electron chi connectivity index (χ0n) is 10.2. The summed E-state index contributed by atoms with van der Waals surface area (Å²) in [5.74, 6) is -0.974. The summed E-state index contributed by atoms with van der Waals surface area (Å²) in [6, 6.07) is 0. The van der Waals surface area contributed by atoms with Crippen LogP contribution in [0.1, 0.15) is 35.1 Å². The van der Waals surface area contributed by atoms with Gasteiger partial charge in [0, 0.05) is 24.6 Å². The maximum absolute atomic E-state index is 10.8. The van der Waals surface area contributed by atoms with Crippen molar-refractivity contribution in [2.24, 2.45) is 0 Å². The molecule has 0 atom stereocenters. The topological polar surface area (TPSA) is 71.5 Å². The first-order chi connectivity index (χ1) is 8.15. The number of aromatic carboxylic acids is 1. The molecule has 0 aliphatic heterocycles. The summed E-state index contributed by atoms with van der Waals surface area (Å²) in [6.45, 7) is 6.09. The predicted octanol–water partition coefficient (Wildman–Crippen LogP) is 2.38. The predicted molar refractivity (Wildman–Crippen MR) is 68.0 cm³/mol. The number of aryl methyl sites for hydroxylation is 1. The van der Waals surface area contributed by atoms with Crippen LogP contribution in [0.2, 0.25) is 0 Å². The van der Waals surface area contributed by atoms with Crippen molar-refractivity contribution in [2.45, 2.75) is 26.7 Å². The van der Waals surface area contributed by atoms with Gasteiger partial charge in [0.1, 0.15) is 0 Å². The highest BCUT2D eigenvalue weighted by Crippen LogP contribution is 2.21. The molecule has 0 radical (unpaired) electrons. The Labute approximate surface area is 105 Å². The zero-order chi connectivity index (χ0) is 12.7. The molecular weight excluding hydrogens is 240 g/mol. The van der Waals surface area contributed by atoms with Gasteiger partial charge in [-0.05, 0) is 19.8 Å². The van der Waals surface area contributed by atoms with Gasteiger partial charge in [-0.1, -0.05) is 6.92 Å². The van der Waals surface area contributed by atoms with Gasteiger partial charge in [0.05, 0.1) is 0 Å². The van der Waals surface area contributed by atoms with E-state index in [2.05, 4.69) is 17.2 Å². The van der Waals surface area contributed by atoms with Crippen LogP contribution < -0.4 is 5.32 Å². The summed E-state index contributed by atoms with van der Waals surface area (Å²) in [5, 5.41) is 12.6. The average molecular weight is 258 g/mol. The highest BCUT2D eigenvalue weighted by molar-refractivity contribution is 7.15. The summed E-state index contributed by atoms with van der Waals surface area (Å²) in [4.78, 5) is 15.5. The quantitative estimate of drug-likeness (QED) is 0.700. The lowest BCUT2D eigenvalue weighted by Gasteiger charge is -2.03. The molecule has 0 unspecified atom stereocenters. The molecule has 0 spiro atoms. The minimum Gasteiger partial charge on any atom is -0.476 e. The van der Waals surface area contributed by atoms with Crippen molar-refractivity contribution < 1.29 is 14.6 Å². The minimum atomic E-state index is -0.974. The lowest BCUT2D eigenvalue weighted by molar-refractivity contribution is 0.0690. The Morgan fingerprint density at radius 1 is 1.53 bits per heavy atom. The molecule has 96 valence electrons. The van der Waals surface area contributed by atoms with Gasteiger partial charge in [0.15, 0.2) is 10.8 Å². The van der Waals surface area contributed by atoms with Crippen molar-refractivity contribution >= 4 is 22.4 Å². The van der Waals surface area contributed by atoms with E-state index in [4.69, 9.17) is 9.84 Å². The Morgan fingerprint density at radius 2 is 2.29 bits per heavy atom. The molecule has 17 heavy (non-hydrogen) atoms. The van der Waals surface area contributed by atoms with Crippen molar-refractivity contribution in [1.29, 1.82) is 0 Å². The number of thiazole rings is 1. The van der Waals surface area contributed by atoms with E-state index >= 15 is 0 Å². The number of aromatic nitrogens is 1. The van der Waals surface area contributed by atoms with Gasteiger partial charge in [-0.25, -0.2) is 9.78 Å². The van der Waals surface area contributed by atoms with Crippen molar-refractivity contribution in [3.05, 3.63) is 10.6 Å². The fourth-order valence-corrected chi connectivity index (χ4v) is 2.12. The molecule has 1 rings (SSSR count). The Hall–Kier alpha value is -1.14. The Bertz CT molecular complexity index is 366. The van der Waals surface area contributed by atoms with Gasteiger partial charge in [-0.15, -0.1) is 11.3 Å². The zero-order valence-corrected chi connectivity index (χ0v) is 11.0. The number of carboxylic acid groups (broad SMARTS) is 1. The summed E-state index contributed by atoms with van der Waals surface area (Å²) in [7, 11) is 0. The highest BCUT2D eigenvalue weighted by atomic mass is 32.1. The molecule has 0 saturated heterocycles. The lowest BCUT2D eigenvalue weighted by Crippen LogP contribution is -2.06. The molecule has 5 nitrogen and oxygen atoms in total. The Balaban J connectivity index is 2.27. The van der Waals surface area contributed by atoms with Crippen LogP contribution in [0, 0.1) is 6.92 Å². The molecule has 1 aromatic rings. The molecule has 0 aromatic carbocycles. The molecule has 0 aliphatic rings. The molecule has 2 N–H and O–H groups in total. The van der Waals surface area contributed by atoms with E-state index in [0.717, 1.165) is 37.5 Å². The lowest BCUT2D eigenvalue weighted by atomic mass is 10.4. The van der Waals surface area contributed by atoms with E-state index in [1.165, 1.54) is 11.3 Å². The molecule has 0 aliphatic carbocycles. The largest absolute Gasteiger partial charge is 0.476 e. The first kappa shape index (κ1) is 13.9. The van der Waals surface area contributed by atoms with E-state index in [1.807, 2.05) is 0 Å². The maximum atomic E-state index is 10.8. The third kappa shape index (κ3) is 4.70. The summed E-state index contributed by atoms with van der Waals surface area (Å²) < 4.78 is 5.34. The average Bonchev–Trinajstić information content (AvgIpc) is 2.65. The van der Waals surface area contributed by atoms with Crippen molar-refractivity contribution in [3.63, 3.8) is 0 Å². The van der Waals surface area contributed by atoms with Gasteiger partial charge in [-0.2, -0.15) is 0 Å². The van der Waals surface area contributed by atoms with Crippen LogP contribution in [0.4, 0.5) is 5.13 Å². The third-order valence-electron chi connectivity index (χ3n) is 2.09. The third-order valence-corrected chi connectivity index (χ3v) is 3.02. The van der Waals surface area contributed by atoms with Gasteiger partial charge in [0.2, 0.25) is 0 Å². The number of anilines is 1. The maximum Gasteiger partial charge on any atom is 0.355 e. The fraction of sp³-hybridized carbons (Fsp3) is 0.636. The Morgan fingerprint density at radius 3 is 2.88 bits per heavy atom. The van der Waals surface area contributed by atoms with E-state index in [9.17, 15) is 4.79 Å².